The molecule has 0 radical (unpaired) electrons. The first-order valence-electron chi connectivity index (χ1n) is 4.79. The topological polar surface area (TPSA) is 87.7 Å². The van der Waals surface area contributed by atoms with Crippen LogP contribution in [0.2, 0.25) is 0 Å². The third kappa shape index (κ3) is 6.80. The lowest BCUT2D eigenvalue weighted by atomic mass is 10.1. The van der Waals surface area contributed by atoms with Crippen LogP contribution in [0.3, 0.4) is 0 Å². The smallest absolute Gasteiger partial charge is 0.277 e. The van der Waals surface area contributed by atoms with Crippen molar-refractivity contribution in [2.24, 2.45) is 5.92 Å². The molecule has 0 aromatic heterocycles. The van der Waals surface area contributed by atoms with Crippen molar-refractivity contribution < 1.29 is 18.3 Å². The van der Waals surface area contributed by atoms with Crippen LogP contribution in [0.25, 0.3) is 0 Å². The lowest BCUT2D eigenvalue weighted by Gasteiger charge is -2.19. The van der Waals surface area contributed by atoms with E-state index in [2.05, 4.69) is 9.44 Å². The molecule has 6 nitrogen and oxygen atoms in total. The van der Waals surface area contributed by atoms with Crippen molar-refractivity contribution in [2.45, 2.75) is 19.9 Å². The zero-order chi connectivity index (χ0) is 11.9. The van der Waals surface area contributed by atoms with Gasteiger partial charge in [-0.3, -0.25) is 0 Å². The Labute approximate surface area is 91.2 Å². The lowest BCUT2D eigenvalue weighted by Crippen LogP contribution is -2.45. The lowest BCUT2D eigenvalue weighted by molar-refractivity contribution is 0.203. The maximum absolute atomic E-state index is 11.4. The molecule has 7 heteroatoms. The van der Waals surface area contributed by atoms with Crippen LogP contribution >= 0.6 is 0 Å². The second kappa shape index (κ2) is 7.13. The molecule has 0 bridgehead atoms. The first-order valence-corrected chi connectivity index (χ1v) is 6.28. The molecule has 0 aromatic carbocycles. The minimum atomic E-state index is -3.50. The van der Waals surface area contributed by atoms with Gasteiger partial charge in [-0.15, -0.1) is 0 Å². The Morgan fingerprint density at radius 2 is 2.00 bits per heavy atom. The van der Waals surface area contributed by atoms with E-state index in [0.29, 0.717) is 6.61 Å². The Hall–Kier alpha value is -0.210. The third-order valence-electron chi connectivity index (χ3n) is 2.08. The van der Waals surface area contributed by atoms with Crippen molar-refractivity contribution >= 4 is 10.2 Å². The van der Waals surface area contributed by atoms with E-state index >= 15 is 0 Å². The fraction of sp³-hybridized carbons (Fsp3) is 1.00. The zero-order valence-corrected chi connectivity index (χ0v) is 10.2. The van der Waals surface area contributed by atoms with Crippen LogP contribution in [0.4, 0.5) is 0 Å². The van der Waals surface area contributed by atoms with E-state index in [4.69, 9.17) is 9.84 Å². The number of hydrogen-bond acceptors (Lipinski definition) is 4. The van der Waals surface area contributed by atoms with Gasteiger partial charge in [0, 0.05) is 26.3 Å². The summed E-state index contributed by atoms with van der Waals surface area (Å²) in [6.07, 6.45) is 0. The van der Waals surface area contributed by atoms with Crippen molar-refractivity contribution in [1.82, 2.24) is 9.44 Å². The summed E-state index contributed by atoms with van der Waals surface area (Å²) >= 11 is 0. The van der Waals surface area contributed by atoms with Gasteiger partial charge in [0.1, 0.15) is 0 Å². The highest BCUT2D eigenvalue weighted by Crippen LogP contribution is 2.01. The molecule has 0 aliphatic carbocycles. The Morgan fingerprint density at radius 1 is 1.40 bits per heavy atom. The molecule has 0 amide bonds. The SMILES string of the molecule is COCCNS(=O)(=O)NC(C)C(C)CO. The average Bonchev–Trinajstić information content (AvgIpc) is 2.16. The molecular formula is C8H20N2O4S. The molecule has 3 N–H and O–H groups in total. The molecule has 2 atom stereocenters. The molecule has 2 unspecified atom stereocenters. The molecule has 0 fully saturated rings. The number of nitrogens with one attached hydrogen (secondary N) is 2. The normalized spacial score (nSPS) is 16.3. The van der Waals surface area contributed by atoms with Crippen LogP contribution in [0.15, 0.2) is 0 Å². The number of aliphatic hydroxyl groups excluding tert-OH is 1. The maximum atomic E-state index is 11.4. The highest BCUT2D eigenvalue weighted by Gasteiger charge is 2.17. The standard InChI is InChI=1S/C8H20N2O4S/c1-7(6-11)8(2)10-15(12,13)9-4-5-14-3/h7-11H,4-6H2,1-3H3. The molecule has 0 aliphatic rings. The third-order valence-corrected chi connectivity index (χ3v) is 3.35. The van der Waals surface area contributed by atoms with E-state index in [-0.39, 0.29) is 25.1 Å². The molecule has 0 heterocycles. The van der Waals surface area contributed by atoms with Crippen LogP contribution in [-0.2, 0) is 14.9 Å². The fourth-order valence-corrected chi connectivity index (χ4v) is 2.00. The van der Waals surface area contributed by atoms with Crippen LogP contribution in [0.1, 0.15) is 13.8 Å². The molecule has 0 spiro atoms. The Morgan fingerprint density at radius 3 is 2.47 bits per heavy atom. The predicted molar refractivity (Wildman–Crippen MR) is 57.6 cm³/mol. The summed E-state index contributed by atoms with van der Waals surface area (Å²) in [6, 6.07) is -0.310. The summed E-state index contributed by atoms with van der Waals surface area (Å²) in [5, 5.41) is 8.84. The molecule has 0 saturated carbocycles. The van der Waals surface area contributed by atoms with E-state index in [1.807, 2.05) is 0 Å². The van der Waals surface area contributed by atoms with Crippen LogP contribution < -0.4 is 9.44 Å². The first-order chi connectivity index (χ1) is 6.93. The quantitative estimate of drug-likeness (QED) is 0.479. The highest BCUT2D eigenvalue weighted by atomic mass is 32.2. The van der Waals surface area contributed by atoms with E-state index in [1.165, 1.54) is 7.11 Å². The van der Waals surface area contributed by atoms with Gasteiger partial charge in [-0.2, -0.15) is 17.9 Å². The monoisotopic (exact) mass is 240 g/mol. The Bertz CT molecular complexity index is 255. The maximum Gasteiger partial charge on any atom is 0.277 e. The van der Waals surface area contributed by atoms with Gasteiger partial charge in [-0.25, -0.2) is 0 Å². The number of aliphatic hydroxyl groups is 1. The molecule has 15 heavy (non-hydrogen) atoms. The first kappa shape index (κ1) is 14.8. The second-order valence-corrected chi connectivity index (χ2v) is 4.99. The summed E-state index contributed by atoms with van der Waals surface area (Å²) in [5.41, 5.74) is 0. The van der Waals surface area contributed by atoms with Crippen molar-refractivity contribution in [1.29, 1.82) is 0 Å². The summed E-state index contributed by atoms with van der Waals surface area (Å²) in [7, 11) is -2.00. The number of hydrogen-bond donors (Lipinski definition) is 3. The van der Waals surface area contributed by atoms with Crippen molar-refractivity contribution in [2.75, 3.05) is 26.9 Å². The van der Waals surface area contributed by atoms with E-state index in [1.54, 1.807) is 13.8 Å². The zero-order valence-electron chi connectivity index (χ0n) is 9.36. The summed E-state index contributed by atoms with van der Waals surface area (Å²) in [4.78, 5) is 0. The fourth-order valence-electron chi connectivity index (χ4n) is 0.839. The highest BCUT2D eigenvalue weighted by molar-refractivity contribution is 7.87. The van der Waals surface area contributed by atoms with Gasteiger partial charge in [-0.05, 0) is 12.8 Å². The number of rotatable bonds is 8. The molecule has 0 aromatic rings. The van der Waals surface area contributed by atoms with Gasteiger partial charge in [0.15, 0.2) is 0 Å². The predicted octanol–water partition coefficient (Wildman–Crippen LogP) is -0.926. The second-order valence-electron chi connectivity index (χ2n) is 3.46. The number of ether oxygens (including phenoxy) is 1. The summed E-state index contributed by atoms with van der Waals surface area (Å²) < 4.78 is 32.2. The molecule has 0 aliphatic heterocycles. The molecule has 0 saturated heterocycles. The van der Waals surface area contributed by atoms with E-state index in [9.17, 15) is 8.42 Å². The minimum Gasteiger partial charge on any atom is -0.396 e. The van der Waals surface area contributed by atoms with Gasteiger partial charge >= 0.3 is 0 Å². The van der Waals surface area contributed by atoms with Gasteiger partial charge < -0.3 is 9.84 Å². The minimum absolute atomic E-state index is 0.0538. The van der Waals surface area contributed by atoms with Gasteiger partial charge in [-0.1, -0.05) is 6.92 Å². The van der Waals surface area contributed by atoms with Gasteiger partial charge in [0.25, 0.3) is 10.2 Å². The van der Waals surface area contributed by atoms with Crippen molar-refractivity contribution in [3.8, 4) is 0 Å². The van der Waals surface area contributed by atoms with E-state index in [0.717, 1.165) is 0 Å². The Balaban J connectivity index is 4.02. The van der Waals surface area contributed by atoms with Gasteiger partial charge in [0.2, 0.25) is 0 Å². The molecule has 0 rings (SSSR count). The van der Waals surface area contributed by atoms with Crippen molar-refractivity contribution in [3.63, 3.8) is 0 Å². The van der Waals surface area contributed by atoms with Crippen LogP contribution in [-0.4, -0.2) is 46.4 Å². The van der Waals surface area contributed by atoms with E-state index < -0.39 is 10.2 Å². The average molecular weight is 240 g/mol. The summed E-state index contributed by atoms with van der Waals surface area (Å²) in [5.74, 6) is -0.121. The largest absolute Gasteiger partial charge is 0.396 e. The summed E-state index contributed by atoms with van der Waals surface area (Å²) in [6.45, 7) is 3.97. The Kier molecular flexibility index (Phi) is 7.03. The van der Waals surface area contributed by atoms with Gasteiger partial charge in [0.05, 0.1) is 6.61 Å². The number of methoxy groups -OCH3 is 1. The molecular weight excluding hydrogens is 220 g/mol. The van der Waals surface area contributed by atoms with Crippen LogP contribution in [0.5, 0.6) is 0 Å². The molecule has 92 valence electrons. The van der Waals surface area contributed by atoms with Crippen molar-refractivity contribution in [3.05, 3.63) is 0 Å². The van der Waals surface area contributed by atoms with Crippen LogP contribution in [0, 0.1) is 5.92 Å².